The van der Waals surface area contributed by atoms with E-state index in [1.807, 2.05) is 0 Å². The Bertz CT molecular complexity index is 249. The Kier molecular flexibility index (Phi) is 5.36. The molecule has 106 valence electrons. The second kappa shape index (κ2) is 6.60. The molecule has 18 heavy (non-hydrogen) atoms. The quantitative estimate of drug-likeness (QED) is 0.849. The molecular weight excluding hydrogens is 244 g/mol. The SMILES string of the molecule is CN(C)CCC(N)C1CCOC2(CCSCC2)C1. The number of rotatable bonds is 4. The van der Waals surface area contributed by atoms with Gasteiger partial charge in [0.1, 0.15) is 0 Å². The molecule has 0 aliphatic carbocycles. The van der Waals surface area contributed by atoms with Gasteiger partial charge in [0.2, 0.25) is 0 Å². The van der Waals surface area contributed by atoms with E-state index in [1.54, 1.807) is 0 Å². The van der Waals surface area contributed by atoms with Crippen LogP contribution in [0.4, 0.5) is 0 Å². The third kappa shape index (κ3) is 3.86. The van der Waals surface area contributed by atoms with Gasteiger partial charge in [0, 0.05) is 12.6 Å². The highest BCUT2D eigenvalue weighted by atomic mass is 32.2. The molecule has 0 amide bonds. The number of nitrogens with two attached hydrogens (primary N) is 1. The van der Waals surface area contributed by atoms with Crippen molar-refractivity contribution in [2.24, 2.45) is 11.7 Å². The monoisotopic (exact) mass is 272 g/mol. The highest BCUT2D eigenvalue weighted by Gasteiger charge is 2.40. The molecule has 2 saturated heterocycles. The molecule has 0 bridgehead atoms. The molecule has 4 heteroatoms. The molecule has 2 N–H and O–H groups in total. The van der Waals surface area contributed by atoms with Gasteiger partial charge in [-0.15, -0.1) is 0 Å². The van der Waals surface area contributed by atoms with Crippen molar-refractivity contribution in [2.45, 2.75) is 43.7 Å². The van der Waals surface area contributed by atoms with Crippen LogP contribution in [0.5, 0.6) is 0 Å². The molecule has 2 rings (SSSR count). The van der Waals surface area contributed by atoms with E-state index >= 15 is 0 Å². The van der Waals surface area contributed by atoms with E-state index in [1.165, 1.54) is 30.8 Å². The van der Waals surface area contributed by atoms with Gasteiger partial charge in [0.15, 0.2) is 0 Å². The first-order chi connectivity index (χ1) is 8.61. The Balaban J connectivity index is 1.85. The number of ether oxygens (including phenoxy) is 1. The molecule has 0 saturated carbocycles. The van der Waals surface area contributed by atoms with E-state index < -0.39 is 0 Å². The Morgan fingerprint density at radius 2 is 2.11 bits per heavy atom. The van der Waals surface area contributed by atoms with Crippen molar-refractivity contribution < 1.29 is 4.74 Å². The van der Waals surface area contributed by atoms with Crippen LogP contribution in [0.2, 0.25) is 0 Å². The third-order valence-corrected chi connectivity index (χ3v) is 5.44. The van der Waals surface area contributed by atoms with Crippen molar-refractivity contribution in [2.75, 3.05) is 38.8 Å². The molecule has 0 aromatic carbocycles. The van der Waals surface area contributed by atoms with Crippen molar-refractivity contribution in [1.82, 2.24) is 4.90 Å². The van der Waals surface area contributed by atoms with Crippen LogP contribution in [-0.4, -0.2) is 55.3 Å². The standard InChI is InChI=1S/C14H28N2OS/c1-16(2)7-3-13(15)12-4-8-17-14(11-12)5-9-18-10-6-14/h12-13H,3-11,15H2,1-2H3. The fraction of sp³-hybridized carbons (Fsp3) is 1.00. The summed E-state index contributed by atoms with van der Waals surface area (Å²) in [5, 5.41) is 0. The molecule has 3 nitrogen and oxygen atoms in total. The summed E-state index contributed by atoms with van der Waals surface area (Å²) < 4.78 is 6.13. The Labute approximate surface area is 116 Å². The lowest BCUT2D eigenvalue weighted by Crippen LogP contribution is -2.47. The Morgan fingerprint density at radius 1 is 1.39 bits per heavy atom. The van der Waals surface area contributed by atoms with Crippen molar-refractivity contribution in [3.8, 4) is 0 Å². The van der Waals surface area contributed by atoms with Crippen LogP contribution < -0.4 is 5.73 Å². The Morgan fingerprint density at radius 3 is 2.78 bits per heavy atom. The van der Waals surface area contributed by atoms with Crippen LogP contribution in [0.15, 0.2) is 0 Å². The number of nitrogens with zero attached hydrogens (tertiary/aromatic N) is 1. The summed E-state index contributed by atoms with van der Waals surface area (Å²) in [6.45, 7) is 2.02. The molecule has 2 fully saturated rings. The lowest BCUT2D eigenvalue weighted by molar-refractivity contribution is -0.106. The van der Waals surface area contributed by atoms with Gasteiger partial charge in [-0.3, -0.25) is 0 Å². The van der Waals surface area contributed by atoms with Crippen LogP contribution in [0.1, 0.15) is 32.1 Å². The molecule has 0 radical (unpaired) electrons. The first-order valence-corrected chi connectivity index (χ1v) is 8.39. The fourth-order valence-corrected chi connectivity index (χ4v) is 4.40. The van der Waals surface area contributed by atoms with E-state index in [0.29, 0.717) is 12.0 Å². The Hall–Kier alpha value is 0.230. The highest BCUT2D eigenvalue weighted by molar-refractivity contribution is 7.99. The minimum atomic E-state index is 0.184. The zero-order valence-electron chi connectivity index (χ0n) is 11.9. The normalized spacial score (nSPS) is 29.7. The molecule has 1 spiro atoms. The van der Waals surface area contributed by atoms with Gasteiger partial charge >= 0.3 is 0 Å². The van der Waals surface area contributed by atoms with Gasteiger partial charge in [-0.05, 0) is 70.2 Å². The van der Waals surface area contributed by atoms with E-state index in [0.717, 1.165) is 26.0 Å². The lowest BCUT2D eigenvalue weighted by Gasteiger charge is -2.45. The molecule has 2 atom stereocenters. The lowest BCUT2D eigenvalue weighted by atomic mass is 9.78. The maximum atomic E-state index is 6.40. The minimum Gasteiger partial charge on any atom is -0.375 e. The average molecular weight is 272 g/mol. The highest BCUT2D eigenvalue weighted by Crippen LogP contribution is 2.40. The summed E-state index contributed by atoms with van der Waals surface area (Å²) >= 11 is 2.07. The first kappa shape index (κ1) is 14.6. The van der Waals surface area contributed by atoms with Gasteiger partial charge in [-0.25, -0.2) is 0 Å². The zero-order valence-corrected chi connectivity index (χ0v) is 12.7. The van der Waals surface area contributed by atoms with Crippen LogP contribution in [0.25, 0.3) is 0 Å². The third-order valence-electron chi connectivity index (χ3n) is 4.45. The molecule has 0 aromatic heterocycles. The van der Waals surface area contributed by atoms with Gasteiger partial charge < -0.3 is 15.4 Å². The molecule has 2 unspecified atom stereocenters. The van der Waals surface area contributed by atoms with E-state index in [2.05, 4.69) is 30.8 Å². The van der Waals surface area contributed by atoms with Crippen LogP contribution >= 0.6 is 11.8 Å². The van der Waals surface area contributed by atoms with Crippen LogP contribution in [0, 0.1) is 5.92 Å². The first-order valence-electron chi connectivity index (χ1n) is 7.23. The van der Waals surface area contributed by atoms with Crippen molar-refractivity contribution in [3.05, 3.63) is 0 Å². The van der Waals surface area contributed by atoms with Crippen molar-refractivity contribution in [3.63, 3.8) is 0 Å². The summed E-state index contributed by atoms with van der Waals surface area (Å²) in [4.78, 5) is 2.23. The van der Waals surface area contributed by atoms with E-state index in [9.17, 15) is 0 Å². The van der Waals surface area contributed by atoms with E-state index in [-0.39, 0.29) is 5.60 Å². The topological polar surface area (TPSA) is 38.5 Å². The van der Waals surface area contributed by atoms with Crippen LogP contribution in [-0.2, 0) is 4.74 Å². The molecular formula is C14H28N2OS. The summed E-state index contributed by atoms with van der Waals surface area (Å²) in [6, 6.07) is 0.350. The van der Waals surface area contributed by atoms with Gasteiger partial charge in [-0.2, -0.15) is 11.8 Å². The zero-order chi connectivity index (χ0) is 13.0. The van der Waals surface area contributed by atoms with Crippen LogP contribution in [0.3, 0.4) is 0 Å². The van der Waals surface area contributed by atoms with Crippen molar-refractivity contribution >= 4 is 11.8 Å². The predicted molar refractivity (Wildman–Crippen MR) is 79.1 cm³/mol. The predicted octanol–water partition coefficient (Wildman–Crippen LogP) is 1.96. The van der Waals surface area contributed by atoms with Gasteiger partial charge in [-0.1, -0.05) is 0 Å². The van der Waals surface area contributed by atoms with Crippen molar-refractivity contribution in [1.29, 1.82) is 0 Å². The van der Waals surface area contributed by atoms with E-state index in [4.69, 9.17) is 10.5 Å². The number of thioether (sulfide) groups is 1. The summed E-state index contributed by atoms with van der Waals surface area (Å²) in [5.41, 5.74) is 6.58. The number of hydrogen-bond acceptors (Lipinski definition) is 4. The maximum absolute atomic E-state index is 6.40. The average Bonchev–Trinajstić information content (AvgIpc) is 2.37. The molecule has 2 aliphatic rings. The summed E-state index contributed by atoms with van der Waals surface area (Å²) in [6.07, 6.45) is 5.93. The second-order valence-corrected chi connectivity index (χ2v) is 7.38. The van der Waals surface area contributed by atoms with Gasteiger partial charge in [0.25, 0.3) is 0 Å². The molecule has 2 heterocycles. The largest absolute Gasteiger partial charge is 0.375 e. The summed E-state index contributed by atoms with van der Waals surface area (Å²) in [5.74, 6) is 3.20. The minimum absolute atomic E-state index is 0.184. The fourth-order valence-electron chi connectivity index (χ4n) is 3.17. The number of hydrogen-bond donors (Lipinski definition) is 1. The summed E-state index contributed by atoms with van der Waals surface area (Å²) in [7, 11) is 4.24. The maximum Gasteiger partial charge on any atom is 0.0701 e. The smallest absolute Gasteiger partial charge is 0.0701 e. The molecule has 0 aromatic rings. The van der Waals surface area contributed by atoms with Gasteiger partial charge in [0.05, 0.1) is 5.60 Å². The molecule has 2 aliphatic heterocycles. The second-order valence-electron chi connectivity index (χ2n) is 6.15.